The minimum atomic E-state index is -4.27. The average Bonchev–Trinajstić information content (AvgIpc) is 2.77. The molecule has 8 heteroatoms. The summed E-state index contributed by atoms with van der Waals surface area (Å²) in [4.78, 5) is 0. The number of aromatic nitrogens is 2. The molecule has 0 atom stereocenters. The van der Waals surface area contributed by atoms with E-state index in [4.69, 9.17) is 0 Å². The minimum absolute atomic E-state index is 0.0169. The second kappa shape index (κ2) is 8.53. The molecule has 0 radical (unpaired) electrons. The molecule has 20 heavy (non-hydrogen) atoms. The molecule has 0 aromatic carbocycles. The standard InChI is InChI=1S/C12H20F3N3OS/c1-9(2)16-6-3-4-10-17-18-11(20-10)5-7-19-8-12(13,14)15/h9,16H,3-8H2,1-2H3. The zero-order valence-corrected chi connectivity index (χ0v) is 12.5. The van der Waals surface area contributed by atoms with Crippen LogP contribution >= 0.6 is 11.3 Å². The number of hydrogen-bond acceptors (Lipinski definition) is 5. The molecular weight excluding hydrogens is 291 g/mol. The third-order valence-electron chi connectivity index (χ3n) is 2.35. The van der Waals surface area contributed by atoms with E-state index in [1.165, 1.54) is 11.3 Å². The fraction of sp³-hybridized carbons (Fsp3) is 0.833. The number of halogens is 3. The Kier molecular flexibility index (Phi) is 7.39. The molecule has 1 N–H and O–H groups in total. The van der Waals surface area contributed by atoms with Gasteiger partial charge in [0.2, 0.25) is 0 Å². The first-order chi connectivity index (χ1) is 9.37. The second-order valence-corrected chi connectivity index (χ2v) is 5.87. The van der Waals surface area contributed by atoms with E-state index in [-0.39, 0.29) is 6.61 Å². The number of alkyl halides is 3. The molecule has 0 saturated heterocycles. The lowest BCUT2D eigenvalue weighted by molar-refractivity contribution is -0.173. The molecule has 0 fully saturated rings. The zero-order chi connectivity index (χ0) is 15.0. The Labute approximate surface area is 120 Å². The molecule has 1 heterocycles. The Morgan fingerprint density at radius 2 is 1.85 bits per heavy atom. The van der Waals surface area contributed by atoms with Crippen LogP contribution in [0.1, 0.15) is 30.3 Å². The van der Waals surface area contributed by atoms with Crippen LogP contribution in [0.5, 0.6) is 0 Å². The van der Waals surface area contributed by atoms with Gasteiger partial charge < -0.3 is 10.1 Å². The van der Waals surface area contributed by atoms with Gasteiger partial charge in [-0.1, -0.05) is 13.8 Å². The fourth-order valence-electron chi connectivity index (χ4n) is 1.47. The quantitative estimate of drug-likeness (QED) is 0.712. The average molecular weight is 311 g/mol. The summed E-state index contributed by atoms with van der Waals surface area (Å²) >= 11 is 1.44. The molecule has 1 rings (SSSR count). The Hall–Kier alpha value is -0.730. The van der Waals surface area contributed by atoms with E-state index in [2.05, 4.69) is 34.1 Å². The summed E-state index contributed by atoms with van der Waals surface area (Å²) < 4.78 is 40.1. The Balaban J connectivity index is 2.16. The van der Waals surface area contributed by atoms with Crippen molar-refractivity contribution in [1.29, 1.82) is 0 Å². The molecule has 0 spiro atoms. The van der Waals surface area contributed by atoms with E-state index in [0.29, 0.717) is 12.5 Å². The van der Waals surface area contributed by atoms with Gasteiger partial charge in [-0.25, -0.2) is 0 Å². The maximum Gasteiger partial charge on any atom is 0.411 e. The van der Waals surface area contributed by atoms with Crippen molar-refractivity contribution < 1.29 is 17.9 Å². The van der Waals surface area contributed by atoms with Gasteiger partial charge in [-0.05, 0) is 13.0 Å². The van der Waals surface area contributed by atoms with Gasteiger partial charge in [-0.3, -0.25) is 0 Å². The monoisotopic (exact) mass is 311 g/mol. The van der Waals surface area contributed by atoms with E-state index in [1.807, 2.05) is 0 Å². The van der Waals surface area contributed by atoms with Gasteiger partial charge in [0.15, 0.2) is 0 Å². The van der Waals surface area contributed by atoms with E-state index >= 15 is 0 Å². The van der Waals surface area contributed by atoms with Gasteiger partial charge in [-0.15, -0.1) is 21.5 Å². The van der Waals surface area contributed by atoms with Crippen molar-refractivity contribution in [2.45, 2.75) is 45.3 Å². The summed E-state index contributed by atoms with van der Waals surface area (Å²) in [7, 11) is 0. The maximum atomic E-state index is 11.9. The second-order valence-electron chi connectivity index (χ2n) is 4.72. The van der Waals surface area contributed by atoms with Crippen LogP contribution in [0, 0.1) is 0 Å². The number of ether oxygens (including phenoxy) is 1. The summed E-state index contributed by atoms with van der Waals surface area (Å²) in [6.45, 7) is 3.90. The molecule has 0 amide bonds. The van der Waals surface area contributed by atoms with E-state index in [0.717, 1.165) is 29.4 Å². The van der Waals surface area contributed by atoms with Crippen molar-refractivity contribution in [2.24, 2.45) is 0 Å². The van der Waals surface area contributed by atoms with Crippen molar-refractivity contribution in [3.63, 3.8) is 0 Å². The van der Waals surface area contributed by atoms with Gasteiger partial charge in [0, 0.05) is 18.9 Å². The molecule has 0 aliphatic carbocycles. The molecule has 0 aliphatic rings. The molecule has 0 saturated carbocycles. The molecule has 4 nitrogen and oxygen atoms in total. The van der Waals surface area contributed by atoms with Crippen LogP contribution in [-0.2, 0) is 17.6 Å². The molecule has 116 valence electrons. The number of aryl methyl sites for hydroxylation is 1. The Morgan fingerprint density at radius 3 is 2.45 bits per heavy atom. The summed E-state index contributed by atoms with van der Waals surface area (Å²) in [6, 6.07) is 0.464. The van der Waals surface area contributed by atoms with Gasteiger partial charge in [-0.2, -0.15) is 13.2 Å². The van der Waals surface area contributed by atoms with Gasteiger partial charge in [0.25, 0.3) is 0 Å². The lowest BCUT2D eigenvalue weighted by atomic mass is 10.3. The molecule has 0 bridgehead atoms. The zero-order valence-electron chi connectivity index (χ0n) is 11.7. The topological polar surface area (TPSA) is 47.0 Å². The minimum Gasteiger partial charge on any atom is -0.372 e. The predicted molar refractivity (Wildman–Crippen MR) is 71.9 cm³/mol. The van der Waals surface area contributed by atoms with E-state index in [9.17, 15) is 13.2 Å². The Morgan fingerprint density at radius 1 is 1.20 bits per heavy atom. The first-order valence-corrected chi connectivity index (χ1v) is 7.37. The van der Waals surface area contributed by atoms with E-state index in [1.54, 1.807) is 0 Å². The fourth-order valence-corrected chi connectivity index (χ4v) is 2.34. The largest absolute Gasteiger partial charge is 0.411 e. The van der Waals surface area contributed by atoms with Gasteiger partial charge >= 0.3 is 6.18 Å². The highest BCUT2D eigenvalue weighted by Gasteiger charge is 2.27. The number of nitrogens with zero attached hydrogens (tertiary/aromatic N) is 2. The van der Waals surface area contributed by atoms with Crippen LogP contribution in [0.25, 0.3) is 0 Å². The number of nitrogens with one attached hydrogen (secondary N) is 1. The Bertz CT molecular complexity index is 382. The van der Waals surface area contributed by atoms with Crippen molar-refractivity contribution in [2.75, 3.05) is 19.8 Å². The van der Waals surface area contributed by atoms with Gasteiger partial charge in [0.05, 0.1) is 6.61 Å². The highest BCUT2D eigenvalue weighted by molar-refractivity contribution is 7.11. The third kappa shape index (κ3) is 8.44. The highest BCUT2D eigenvalue weighted by Crippen LogP contribution is 2.15. The maximum absolute atomic E-state index is 11.9. The lowest BCUT2D eigenvalue weighted by Gasteiger charge is -2.06. The lowest BCUT2D eigenvalue weighted by Crippen LogP contribution is -2.23. The summed E-state index contributed by atoms with van der Waals surface area (Å²) in [6.07, 6.45) is -2.09. The predicted octanol–water partition coefficient (Wildman–Crippen LogP) is 2.59. The molecule has 1 aromatic heterocycles. The summed E-state index contributed by atoms with van der Waals surface area (Å²) in [5.74, 6) is 0. The van der Waals surface area contributed by atoms with Crippen molar-refractivity contribution >= 4 is 11.3 Å². The van der Waals surface area contributed by atoms with Crippen LogP contribution < -0.4 is 5.32 Å². The highest BCUT2D eigenvalue weighted by atomic mass is 32.1. The third-order valence-corrected chi connectivity index (χ3v) is 3.40. The number of rotatable bonds is 9. The van der Waals surface area contributed by atoms with Gasteiger partial charge in [0.1, 0.15) is 16.6 Å². The smallest absolute Gasteiger partial charge is 0.372 e. The van der Waals surface area contributed by atoms with Crippen LogP contribution in [0.15, 0.2) is 0 Å². The normalized spacial score (nSPS) is 12.3. The number of hydrogen-bond donors (Lipinski definition) is 1. The SMILES string of the molecule is CC(C)NCCCc1nnc(CCOCC(F)(F)F)s1. The molecule has 1 aromatic rings. The van der Waals surface area contributed by atoms with Crippen molar-refractivity contribution in [1.82, 2.24) is 15.5 Å². The van der Waals surface area contributed by atoms with Crippen molar-refractivity contribution in [3.05, 3.63) is 10.0 Å². The van der Waals surface area contributed by atoms with Crippen LogP contribution in [0.3, 0.4) is 0 Å². The first-order valence-electron chi connectivity index (χ1n) is 6.56. The molecule has 0 unspecified atom stereocenters. The van der Waals surface area contributed by atoms with Crippen LogP contribution in [-0.4, -0.2) is 42.2 Å². The van der Waals surface area contributed by atoms with E-state index < -0.39 is 12.8 Å². The van der Waals surface area contributed by atoms with Crippen molar-refractivity contribution in [3.8, 4) is 0 Å². The first kappa shape index (κ1) is 17.3. The summed E-state index contributed by atoms with van der Waals surface area (Å²) in [5.41, 5.74) is 0. The van der Waals surface area contributed by atoms with Crippen LogP contribution in [0.2, 0.25) is 0 Å². The summed E-state index contributed by atoms with van der Waals surface area (Å²) in [5, 5.41) is 12.9. The molecule has 0 aliphatic heterocycles. The molecular formula is C12H20F3N3OS. The van der Waals surface area contributed by atoms with Crippen LogP contribution in [0.4, 0.5) is 13.2 Å².